The highest BCUT2D eigenvalue weighted by Gasteiger charge is 2.23. The number of aliphatic hydroxyl groups is 1. The van der Waals surface area contributed by atoms with Crippen LogP contribution in [0.15, 0.2) is 12.1 Å². The van der Waals surface area contributed by atoms with Gasteiger partial charge in [0.15, 0.2) is 0 Å². The number of rotatable bonds is 4. The fourth-order valence-electron chi connectivity index (χ4n) is 2.90. The van der Waals surface area contributed by atoms with Crippen molar-refractivity contribution in [2.45, 2.75) is 39.2 Å². The average molecular weight is 291 g/mol. The Kier molecular flexibility index (Phi) is 4.89. The van der Waals surface area contributed by atoms with E-state index in [1.54, 1.807) is 0 Å². The van der Waals surface area contributed by atoms with Crippen LogP contribution in [-0.2, 0) is 12.0 Å². The Labute approximate surface area is 128 Å². The minimum atomic E-state index is -0.00561. The Morgan fingerprint density at radius 2 is 2.10 bits per heavy atom. The molecule has 1 aromatic rings. The Balaban J connectivity index is 2.17. The van der Waals surface area contributed by atoms with Gasteiger partial charge in [-0.25, -0.2) is 4.98 Å². The second-order valence-electron chi connectivity index (χ2n) is 7.42. The molecule has 1 aliphatic heterocycles. The average Bonchev–Trinajstić information content (AvgIpc) is 2.82. The van der Waals surface area contributed by atoms with Crippen molar-refractivity contribution in [2.24, 2.45) is 5.92 Å². The summed E-state index contributed by atoms with van der Waals surface area (Å²) in [5, 5.41) is 9.50. The predicted molar refractivity (Wildman–Crippen MR) is 87.7 cm³/mol. The molecule has 1 fully saturated rings. The Hall–Kier alpha value is -1.13. The fourth-order valence-corrected chi connectivity index (χ4v) is 2.90. The molecule has 0 saturated carbocycles. The van der Waals surface area contributed by atoms with Gasteiger partial charge in [-0.05, 0) is 43.6 Å². The molecule has 2 heterocycles. The van der Waals surface area contributed by atoms with E-state index in [0.717, 1.165) is 30.2 Å². The third-order valence-corrected chi connectivity index (χ3v) is 4.23. The van der Waals surface area contributed by atoms with Gasteiger partial charge in [0.2, 0.25) is 0 Å². The van der Waals surface area contributed by atoms with Crippen molar-refractivity contribution in [3.8, 4) is 0 Å². The SMILES string of the molecule is CN1CCC(CN(C)c2cc(CO)cc(C(C)(C)C)n2)C1. The molecule has 0 aromatic carbocycles. The molecular formula is C17H29N3O. The number of anilines is 1. The number of likely N-dealkylation sites (tertiary alicyclic amines) is 1. The van der Waals surface area contributed by atoms with Gasteiger partial charge in [-0.3, -0.25) is 0 Å². The molecule has 1 aromatic heterocycles. The van der Waals surface area contributed by atoms with Crippen molar-refractivity contribution in [3.63, 3.8) is 0 Å². The number of hydrogen-bond donors (Lipinski definition) is 1. The third kappa shape index (κ3) is 4.17. The van der Waals surface area contributed by atoms with Gasteiger partial charge in [0.25, 0.3) is 0 Å². The Morgan fingerprint density at radius 3 is 2.62 bits per heavy atom. The number of hydrogen-bond acceptors (Lipinski definition) is 4. The summed E-state index contributed by atoms with van der Waals surface area (Å²) >= 11 is 0. The zero-order valence-corrected chi connectivity index (χ0v) is 14.1. The van der Waals surface area contributed by atoms with Crippen molar-refractivity contribution >= 4 is 5.82 Å². The first-order valence-corrected chi connectivity index (χ1v) is 7.81. The standard InChI is InChI=1S/C17H29N3O/c1-17(2,3)15-8-14(12-21)9-16(18-15)20(5)11-13-6-7-19(4)10-13/h8-9,13,21H,6-7,10-12H2,1-5H3. The molecule has 4 nitrogen and oxygen atoms in total. The molecule has 2 rings (SSSR count). The molecule has 4 heteroatoms. The van der Waals surface area contributed by atoms with E-state index in [1.165, 1.54) is 13.0 Å². The maximum absolute atomic E-state index is 9.50. The number of aliphatic hydroxyl groups excluding tert-OH is 1. The highest BCUT2D eigenvalue weighted by Crippen LogP contribution is 2.25. The Morgan fingerprint density at radius 1 is 1.38 bits per heavy atom. The van der Waals surface area contributed by atoms with Crippen LogP contribution in [0, 0.1) is 5.92 Å². The van der Waals surface area contributed by atoms with E-state index in [9.17, 15) is 5.11 Å². The molecule has 0 spiro atoms. The van der Waals surface area contributed by atoms with Crippen LogP contribution in [0.2, 0.25) is 0 Å². The minimum Gasteiger partial charge on any atom is -0.392 e. The van der Waals surface area contributed by atoms with Gasteiger partial charge in [0.1, 0.15) is 5.82 Å². The van der Waals surface area contributed by atoms with E-state index in [0.29, 0.717) is 5.92 Å². The van der Waals surface area contributed by atoms with Crippen LogP contribution in [0.1, 0.15) is 38.4 Å². The van der Waals surface area contributed by atoms with Crippen molar-refractivity contribution in [1.82, 2.24) is 9.88 Å². The lowest BCUT2D eigenvalue weighted by Gasteiger charge is -2.26. The van der Waals surface area contributed by atoms with Crippen molar-refractivity contribution in [1.29, 1.82) is 0 Å². The maximum atomic E-state index is 9.50. The van der Waals surface area contributed by atoms with Gasteiger partial charge >= 0.3 is 0 Å². The van der Waals surface area contributed by atoms with E-state index >= 15 is 0 Å². The van der Waals surface area contributed by atoms with Gasteiger partial charge in [-0.1, -0.05) is 20.8 Å². The lowest BCUT2D eigenvalue weighted by Crippen LogP contribution is -2.28. The van der Waals surface area contributed by atoms with E-state index in [-0.39, 0.29) is 12.0 Å². The third-order valence-electron chi connectivity index (χ3n) is 4.23. The van der Waals surface area contributed by atoms with Crippen molar-refractivity contribution < 1.29 is 5.11 Å². The second-order valence-corrected chi connectivity index (χ2v) is 7.42. The van der Waals surface area contributed by atoms with E-state index in [1.807, 2.05) is 12.1 Å². The highest BCUT2D eigenvalue weighted by molar-refractivity contribution is 5.43. The van der Waals surface area contributed by atoms with E-state index < -0.39 is 0 Å². The molecule has 1 saturated heterocycles. The summed E-state index contributed by atoms with van der Waals surface area (Å²) < 4.78 is 0. The van der Waals surface area contributed by atoms with Crippen molar-refractivity contribution in [3.05, 3.63) is 23.4 Å². The molecule has 21 heavy (non-hydrogen) atoms. The summed E-state index contributed by atoms with van der Waals surface area (Å²) in [7, 11) is 4.29. The van der Waals surface area contributed by atoms with Crippen LogP contribution in [0.25, 0.3) is 0 Å². The summed E-state index contributed by atoms with van der Waals surface area (Å²) in [4.78, 5) is 9.43. The normalized spacial score (nSPS) is 20.0. The van der Waals surface area contributed by atoms with Gasteiger partial charge in [0.05, 0.1) is 6.61 Å². The number of pyridine rings is 1. The summed E-state index contributed by atoms with van der Waals surface area (Å²) in [6.45, 7) is 9.92. The van der Waals surface area contributed by atoms with Gasteiger partial charge in [-0.2, -0.15) is 0 Å². The molecule has 1 unspecified atom stereocenters. The largest absolute Gasteiger partial charge is 0.392 e. The second kappa shape index (κ2) is 6.32. The number of nitrogens with zero attached hydrogens (tertiary/aromatic N) is 3. The molecule has 0 bridgehead atoms. The summed E-state index contributed by atoms with van der Waals surface area (Å²) in [6.07, 6.45) is 1.26. The lowest BCUT2D eigenvalue weighted by atomic mass is 9.91. The summed E-state index contributed by atoms with van der Waals surface area (Å²) in [5.74, 6) is 1.68. The molecule has 1 atom stereocenters. The zero-order valence-electron chi connectivity index (χ0n) is 14.1. The van der Waals surface area contributed by atoms with Crippen LogP contribution in [0.3, 0.4) is 0 Å². The van der Waals surface area contributed by atoms with Crippen LogP contribution < -0.4 is 4.90 Å². The quantitative estimate of drug-likeness (QED) is 0.923. The van der Waals surface area contributed by atoms with Gasteiger partial charge in [0, 0.05) is 31.2 Å². The predicted octanol–water partition coefficient (Wildman–Crippen LogP) is 2.26. The minimum absolute atomic E-state index is 0.00561. The van der Waals surface area contributed by atoms with Crippen LogP contribution in [-0.4, -0.2) is 48.7 Å². The topological polar surface area (TPSA) is 39.6 Å². The van der Waals surface area contributed by atoms with Crippen LogP contribution in [0.5, 0.6) is 0 Å². The van der Waals surface area contributed by atoms with Gasteiger partial charge < -0.3 is 14.9 Å². The monoisotopic (exact) mass is 291 g/mol. The first-order valence-electron chi connectivity index (χ1n) is 7.81. The van der Waals surface area contributed by atoms with Crippen molar-refractivity contribution in [2.75, 3.05) is 38.6 Å². The smallest absolute Gasteiger partial charge is 0.128 e. The Bertz CT molecular complexity index is 481. The zero-order chi connectivity index (χ0) is 15.6. The molecule has 1 aliphatic rings. The first kappa shape index (κ1) is 16.2. The summed E-state index contributed by atoms with van der Waals surface area (Å²) in [5.41, 5.74) is 1.98. The molecule has 0 aliphatic carbocycles. The highest BCUT2D eigenvalue weighted by atomic mass is 16.3. The number of aromatic nitrogens is 1. The molecule has 0 amide bonds. The van der Waals surface area contributed by atoms with E-state index in [2.05, 4.69) is 44.7 Å². The molecular weight excluding hydrogens is 262 g/mol. The molecule has 1 N–H and O–H groups in total. The van der Waals surface area contributed by atoms with E-state index in [4.69, 9.17) is 4.98 Å². The summed E-state index contributed by atoms with van der Waals surface area (Å²) in [6, 6.07) is 4.02. The molecule has 0 radical (unpaired) electrons. The first-order chi connectivity index (χ1) is 9.79. The van der Waals surface area contributed by atoms with Crippen LogP contribution in [0.4, 0.5) is 5.82 Å². The lowest BCUT2D eigenvalue weighted by molar-refractivity contribution is 0.281. The fraction of sp³-hybridized carbons (Fsp3) is 0.706. The maximum Gasteiger partial charge on any atom is 0.128 e. The molecule has 118 valence electrons. The van der Waals surface area contributed by atoms with Gasteiger partial charge in [-0.15, -0.1) is 0 Å². The van der Waals surface area contributed by atoms with Crippen LogP contribution >= 0.6 is 0 Å².